The van der Waals surface area contributed by atoms with E-state index in [1.807, 2.05) is 62.4 Å². The maximum absolute atomic E-state index is 11.1. The van der Waals surface area contributed by atoms with Crippen LogP contribution in [-0.2, 0) is 57.1 Å². The second-order valence-corrected chi connectivity index (χ2v) is 18.6. The molecule has 406 valence electrons. The monoisotopic (exact) mass is 1060 g/mol. The van der Waals surface area contributed by atoms with Gasteiger partial charge in [0.2, 0.25) is 0 Å². The number of ether oxygens (including phenoxy) is 9. The second kappa shape index (κ2) is 30.5. The predicted molar refractivity (Wildman–Crippen MR) is 279 cm³/mol. The first-order valence-electron chi connectivity index (χ1n) is 26.2. The number of rotatable bonds is 6. The van der Waals surface area contributed by atoms with Crippen LogP contribution in [0.3, 0.4) is 0 Å². The van der Waals surface area contributed by atoms with Crippen LogP contribution in [0, 0.1) is 65.1 Å². The summed E-state index contributed by atoms with van der Waals surface area (Å²) in [6.45, 7) is 5.37. The Hall–Kier alpha value is -7.41. The zero-order valence-corrected chi connectivity index (χ0v) is 43.5. The average molecular weight is 1060 g/mol. The fourth-order valence-electron chi connectivity index (χ4n) is 9.36. The van der Waals surface area contributed by atoms with Crippen molar-refractivity contribution in [1.82, 2.24) is 0 Å². The van der Waals surface area contributed by atoms with Gasteiger partial charge in [-0.2, -0.15) is 9.59 Å². The van der Waals surface area contributed by atoms with E-state index in [9.17, 15) is 14.4 Å². The SMILES string of the molecule is CC.O=C(O)C1CCC(C#CC2OCOC3C(C#CC4CCCCC4)OCOC23)CC1.O=C=O.O=COc1ccc(C#Cc2ccc(C3OCC4OC(c5ccc(C#Cc6ccc(C(=O)O)cc6)cc5)COC4O3)cc2)cc1. The quantitative estimate of drug-likeness (QED) is 0.137. The molecule has 0 bridgehead atoms. The minimum atomic E-state index is -0.964. The zero-order chi connectivity index (χ0) is 55.1. The van der Waals surface area contributed by atoms with Gasteiger partial charge in [-0.3, -0.25) is 9.59 Å². The third kappa shape index (κ3) is 17.0. The van der Waals surface area contributed by atoms with Gasteiger partial charge in [0.25, 0.3) is 6.47 Å². The Morgan fingerprint density at radius 1 is 0.551 bits per heavy atom. The Balaban J connectivity index is 0.000000224. The van der Waals surface area contributed by atoms with E-state index < -0.39 is 24.5 Å². The highest BCUT2D eigenvalue weighted by atomic mass is 16.8. The normalized spacial score (nSPS) is 25.9. The van der Waals surface area contributed by atoms with E-state index in [0.29, 0.717) is 44.2 Å². The number of carboxylic acids is 2. The first-order valence-corrected chi connectivity index (χ1v) is 26.2. The first-order chi connectivity index (χ1) is 38.2. The van der Waals surface area contributed by atoms with Crippen LogP contribution in [0.1, 0.15) is 128 Å². The molecule has 2 saturated carbocycles. The highest BCUT2D eigenvalue weighted by Gasteiger charge is 2.44. The van der Waals surface area contributed by atoms with Crippen LogP contribution in [0.25, 0.3) is 0 Å². The van der Waals surface area contributed by atoms with E-state index in [4.69, 9.17) is 62.4 Å². The molecule has 8 atom stereocenters. The maximum atomic E-state index is 11.1. The Morgan fingerprint density at radius 2 is 1.04 bits per heavy atom. The van der Waals surface area contributed by atoms with Gasteiger partial charge in [-0.25, -0.2) is 4.79 Å². The molecule has 6 fully saturated rings. The molecule has 6 aliphatic rings. The maximum Gasteiger partial charge on any atom is 0.373 e. The smallest absolute Gasteiger partial charge is 0.373 e. The molecule has 16 nitrogen and oxygen atoms in total. The first kappa shape index (κ1) is 58.3. The van der Waals surface area contributed by atoms with E-state index in [-0.39, 0.29) is 73.8 Å². The summed E-state index contributed by atoms with van der Waals surface area (Å²) in [5.41, 5.74) is 5.24. The highest BCUT2D eigenvalue weighted by molar-refractivity contribution is 5.87. The Morgan fingerprint density at radius 3 is 1.54 bits per heavy atom. The van der Waals surface area contributed by atoms with E-state index in [1.165, 1.54) is 44.2 Å². The largest absolute Gasteiger partial charge is 0.481 e. The van der Waals surface area contributed by atoms with Crippen molar-refractivity contribution in [3.8, 4) is 53.1 Å². The fraction of sp³-hybridized carbons (Fsp3) is 0.419. The summed E-state index contributed by atoms with van der Waals surface area (Å²) in [4.78, 5) is 48.8. The summed E-state index contributed by atoms with van der Waals surface area (Å²) in [5.74, 6) is 24.9. The van der Waals surface area contributed by atoms with Crippen LogP contribution in [0.5, 0.6) is 5.75 Å². The average Bonchev–Trinajstić information content (AvgIpc) is 3.49. The van der Waals surface area contributed by atoms with Crippen molar-refractivity contribution in [2.24, 2.45) is 17.8 Å². The number of carboxylic acid groups (broad SMARTS) is 2. The molecule has 4 aromatic carbocycles. The minimum absolute atomic E-state index is 0.153. The van der Waals surface area contributed by atoms with Crippen molar-refractivity contribution >= 4 is 24.6 Å². The number of hydrogen-bond donors (Lipinski definition) is 2. The molecule has 4 aliphatic heterocycles. The molecule has 0 spiro atoms. The molecule has 0 amide bonds. The Kier molecular flexibility index (Phi) is 22.8. The Labute approximate surface area is 454 Å². The number of aliphatic carboxylic acids is 1. The molecule has 2 aliphatic carbocycles. The van der Waals surface area contributed by atoms with Crippen molar-refractivity contribution in [2.45, 2.75) is 121 Å². The van der Waals surface area contributed by atoms with E-state index >= 15 is 0 Å². The third-order valence-corrected chi connectivity index (χ3v) is 13.5. The van der Waals surface area contributed by atoms with Gasteiger partial charge in [0.1, 0.15) is 56.0 Å². The summed E-state index contributed by atoms with van der Waals surface area (Å²) in [6.07, 6.45) is 6.41. The molecule has 4 heterocycles. The number of carbonyl (C=O) groups is 3. The lowest BCUT2D eigenvalue weighted by Crippen LogP contribution is -2.56. The van der Waals surface area contributed by atoms with Crippen LogP contribution in [0.4, 0.5) is 0 Å². The Bertz CT molecular complexity index is 2870. The molecule has 78 heavy (non-hydrogen) atoms. The van der Waals surface area contributed by atoms with E-state index in [2.05, 4.69) is 47.4 Å². The standard InChI is InChI=1S/C36H26O8.C23H30O6.C2H6.CO2/c37-23-42-31-19-11-27(12-20-31)4-3-26-9-17-30(18-10-26)35-40-22-33-36(44-35)41-21-32(43-33)28-13-5-24(6-14-28)1-2-25-7-15-29(16-8-25)34(38)39;24-23(25)18-10-6-17(7-11-18)9-13-20-22-21(28-15-27-20)19(26-14-29-22)12-8-16-4-2-1-3-5-16;1-2;2-1-3/h5-20,23,32-33,35-36H,21-22H2,(H,38,39);16-22H,1-7,10-11,14-15H2,(H,24,25);1-2H3;. The molecule has 8 unspecified atom stereocenters. The van der Waals surface area contributed by atoms with Crippen molar-refractivity contribution in [3.05, 3.63) is 136 Å². The topological polar surface area (TPSA) is 209 Å². The van der Waals surface area contributed by atoms with Gasteiger partial charge in [0.05, 0.1) is 24.7 Å². The van der Waals surface area contributed by atoms with Crippen LogP contribution < -0.4 is 4.74 Å². The molecular weight excluding hydrogens is 1000 g/mol. The van der Waals surface area contributed by atoms with E-state index in [1.54, 1.807) is 36.4 Å². The summed E-state index contributed by atoms with van der Waals surface area (Å²) in [7, 11) is 0. The summed E-state index contributed by atoms with van der Waals surface area (Å²) in [6, 6.07) is 28.8. The van der Waals surface area contributed by atoms with Gasteiger partial charge < -0.3 is 52.8 Å². The minimum Gasteiger partial charge on any atom is -0.481 e. The summed E-state index contributed by atoms with van der Waals surface area (Å²) < 4.78 is 52.2. The molecular formula is C62H62O16. The van der Waals surface area contributed by atoms with Crippen LogP contribution >= 0.6 is 0 Å². The molecule has 4 aromatic rings. The van der Waals surface area contributed by atoms with Crippen molar-refractivity contribution in [2.75, 3.05) is 26.8 Å². The van der Waals surface area contributed by atoms with Gasteiger partial charge in [-0.05, 0) is 117 Å². The lowest BCUT2D eigenvalue weighted by Gasteiger charge is -2.41. The van der Waals surface area contributed by atoms with Crippen molar-refractivity contribution < 1.29 is 76.8 Å². The molecule has 16 heteroatoms. The van der Waals surface area contributed by atoms with Crippen molar-refractivity contribution in [1.29, 1.82) is 0 Å². The molecule has 0 radical (unpaired) electrons. The highest BCUT2D eigenvalue weighted by Crippen LogP contribution is 2.36. The number of hydrogen-bond acceptors (Lipinski definition) is 14. The zero-order valence-electron chi connectivity index (χ0n) is 43.5. The van der Waals surface area contributed by atoms with Gasteiger partial charge in [-0.15, -0.1) is 0 Å². The number of fused-ring (bicyclic) bond motifs is 2. The van der Waals surface area contributed by atoms with E-state index in [0.717, 1.165) is 46.2 Å². The van der Waals surface area contributed by atoms with Gasteiger partial charge in [-0.1, -0.05) is 105 Å². The van der Waals surface area contributed by atoms with Crippen LogP contribution in [-0.4, -0.2) is 98.4 Å². The molecule has 10 rings (SSSR count). The van der Waals surface area contributed by atoms with Crippen LogP contribution in [0.15, 0.2) is 97.1 Å². The molecule has 2 N–H and O–H groups in total. The van der Waals surface area contributed by atoms with Gasteiger partial charge in [0, 0.05) is 39.7 Å². The lowest BCUT2D eigenvalue weighted by molar-refractivity contribution is -0.367. The summed E-state index contributed by atoms with van der Waals surface area (Å²) in [5, 5.41) is 18.2. The molecule has 4 saturated heterocycles. The number of carbonyl (C=O) groups excluding carboxylic acids is 3. The predicted octanol–water partition coefficient (Wildman–Crippen LogP) is 8.64. The van der Waals surface area contributed by atoms with Crippen LogP contribution in [0.2, 0.25) is 0 Å². The van der Waals surface area contributed by atoms with Crippen molar-refractivity contribution in [3.63, 3.8) is 0 Å². The number of benzene rings is 4. The van der Waals surface area contributed by atoms with Gasteiger partial charge >= 0.3 is 18.1 Å². The fourth-order valence-corrected chi connectivity index (χ4v) is 9.36. The second-order valence-electron chi connectivity index (χ2n) is 18.6. The lowest BCUT2D eigenvalue weighted by atomic mass is 9.82. The number of aromatic carboxylic acids is 1. The molecule has 0 aromatic heterocycles. The summed E-state index contributed by atoms with van der Waals surface area (Å²) >= 11 is 0. The third-order valence-electron chi connectivity index (χ3n) is 13.5. The van der Waals surface area contributed by atoms with Gasteiger partial charge in [0.15, 0.2) is 12.6 Å².